The molecular formula is C14H20N2O. The first-order valence-electron chi connectivity index (χ1n) is 6.43. The van der Waals surface area contributed by atoms with Gasteiger partial charge in [-0.05, 0) is 38.8 Å². The third-order valence-electron chi connectivity index (χ3n) is 4.33. The summed E-state index contributed by atoms with van der Waals surface area (Å²) in [7, 11) is 2.08. The molecule has 17 heavy (non-hydrogen) atoms. The summed E-state index contributed by atoms with van der Waals surface area (Å²) in [5.41, 5.74) is 3.34. The van der Waals surface area contributed by atoms with Gasteiger partial charge < -0.3 is 15.3 Å². The van der Waals surface area contributed by atoms with Crippen molar-refractivity contribution in [3.05, 3.63) is 23.3 Å². The Morgan fingerprint density at radius 1 is 1.41 bits per heavy atom. The number of benzene rings is 1. The average molecular weight is 232 g/mol. The summed E-state index contributed by atoms with van der Waals surface area (Å²) in [5, 5.41) is 14.0. The molecule has 0 aromatic heterocycles. The fraction of sp³-hybridized carbons (Fsp3) is 0.571. The zero-order chi connectivity index (χ0) is 12.0. The smallest absolute Gasteiger partial charge is 0.125 e. The maximum atomic E-state index is 10.5. The van der Waals surface area contributed by atoms with Crippen LogP contribution in [0.5, 0.6) is 5.75 Å². The monoisotopic (exact) mass is 232 g/mol. The van der Waals surface area contributed by atoms with E-state index >= 15 is 0 Å². The molecule has 2 aliphatic rings. The van der Waals surface area contributed by atoms with Crippen LogP contribution < -0.4 is 10.2 Å². The van der Waals surface area contributed by atoms with Crippen LogP contribution in [0.4, 0.5) is 5.69 Å². The van der Waals surface area contributed by atoms with Crippen LogP contribution in [-0.4, -0.2) is 25.2 Å². The molecular weight excluding hydrogens is 212 g/mol. The average Bonchev–Trinajstić information content (AvgIpc) is 2.88. The Balaban J connectivity index is 2.08. The number of rotatable bonds is 1. The third-order valence-corrected chi connectivity index (χ3v) is 4.33. The minimum atomic E-state index is -0.0414. The van der Waals surface area contributed by atoms with Gasteiger partial charge in [0.15, 0.2) is 0 Å². The molecule has 1 aromatic carbocycles. The van der Waals surface area contributed by atoms with Crippen molar-refractivity contribution in [3.8, 4) is 5.75 Å². The molecule has 2 heterocycles. The summed E-state index contributed by atoms with van der Waals surface area (Å²) < 4.78 is 0. The van der Waals surface area contributed by atoms with Crippen molar-refractivity contribution in [2.24, 2.45) is 0 Å². The lowest BCUT2D eigenvalue weighted by Gasteiger charge is -2.27. The molecule has 0 saturated carbocycles. The van der Waals surface area contributed by atoms with Crippen molar-refractivity contribution in [1.29, 1.82) is 0 Å². The van der Waals surface area contributed by atoms with Gasteiger partial charge in [0, 0.05) is 35.9 Å². The third kappa shape index (κ3) is 1.53. The molecule has 0 amide bonds. The molecule has 1 atom stereocenters. The van der Waals surface area contributed by atoms with Crippen molar-refractivity contribution in [2.75, 3.05) is 25.0 Å². The van der Waals surface area contributed by atoms with E-state index in [2.05, 4.69) is 36.3 Å². The number of anilines is 1. The molecule has 3 nitrogen and oxygen atoms in total. The molecule has 1 unspecified atom stereocenters. The lowest BCUT2D eigenvalue weighted by atomic mass is 9.88. The summed E-state index contributed by atoms with van der Waals surface area (Å²) in [6.45, 7) is 4.25. The largest absolute Gasteiger partial charge is 0.507 e. The predicted molar refractivity (Wildman–Crippen MR) is 69.7 cm³/mol. The Morgan fingerprint density at radius 3 is 2.94 bits per heavy atom. The van der Waals surface area contributed by atoms with Gasteiger partial charge in [0.25, 0.3) is 0 Å². The first-order chi connectivity index (χ1) is 8.12. The van der Waals surface area contributed by atoms with Gasteiger partial charge in [0.05, 0.1) is 0 Å². The van der Waals surface area contributed by atoms with E-state index in [1.54, 1.807) is 0 Å². The molecule has 0 radical (unpaired) electrons. The topological polar surface area (TPSA) is 35.5 Å². The van der Waals surface area contributed by atoms with Gasteiger partial charge in [-0.2, -0.15) is 0 Å². The number of phenolic OH excluding ortho intramolecular Hbond substituents is 1. The first-order valence-corrected chi connectivity index (χ1v) is 6.43. The van der Waals surface area contributed by atoms with Gasteiger partial charge in [0.1, 0.15) is 5.75 Å². The number of aromatic hydroxyl groups is 1. The molecule has 1 aromatic rings. The standard InChI is InChI=1S/C14H20N2O/c1-14(7-3-8-15-14)11-4-5-12-10(13(11)17)6-9-16(12)2/h4-5,15,17H,3,6-9H2,1-2H3. The molecule has 0 aliphatic carbocycles. The van der Waals surface area contributed by atoms with Crippen molar-refractivity contribution in [3.63, 3.8) is 0 Å². The van der Waals surface area contributed by atoms with E-state index in [0.717, 1.165) is 37.1 Å². The Morgan fingerprint density at radius 2 is 2.24 bits per heavy atom. The lowest BCUT2D eigenvalue weighted by molar-refractivity contribution is 0.392. The minimum Gasteiger partial charge on any atom is -0.507 e. The van der Waals surface area contributed by atoms with Crippen LogP contribution >= 0.6 is 0 Å². The highest BCUT2D eigenvalue weighted by molar-refractivity contribution is 5.65. The van der Waals surface area contributed by atoms with E-state index in [1.165, 1.54) is 12.1 Å². The molecule has 3 rings (SSSR count). The van der Waals surface area contributed by atoms with Crippen molar-refractivity contribution in [1.82, 2.24) is 5.32 Å². The van der Waals surface area contributed by atoms with Crippen LogP contribution in [0.2, 0.25) is 0 Å². The molecule has 2 N–H and O–H groups in total. The Bertz CT molecular complexity index is 450. The number of phenols is 1. The second kappa shape index (κ2) is 3.64. The second-order valence-electron chi connectivity index (χ2n) is 5.49. The zero-order valence-electron chi connectivity index (χ0n) is 10.6. The van der Waals surface area contributed by atoms with Crippen molar-refractivity contribution < 1.29 is 5.11 Å². The lowest BCUT2D eigenvalue weighted by Crippen LogP contribution is -2.33. The van der Waals surface area contributed by atoms with Crippen LogP contribution in [0.15, 0.2) is 12.1 Å². The van der Waals surface area contributed by atoms with Gasteiger partial charge in [-0.3, -0.25) is 0 Å². The highest BCUT2D eigenvalue weighted by atomic mass is 16.3. The number of nitrogens with one attached hydrogen (secondary N) is 1. The van der Waals surface area contributed by atoms with Crippen molar-refractivity contribution >= 4 is 5.69 Å². The molecule has 92 valence electrons. The van der Waals surface area contributed by atoms with Gasteiger partial charge in [-0.15, -0.1) is 0 Å². The summed E-state index contributed by atoms with van der Waals surface area (Å²) in [6, 6.07) is 4.25. The number of nitrogens with zero attached hydrogens (tertiary/aromatic N) is 1. The molecule has 2 aliphatic heterocycles. The summed E-state index contributed by atoms with van der Waals surface area (Å²) in [4.78, 5) is 2.21. The fourth-order valence-electron chi connectivity index (χ4n) is 3.20. The van der Waals surface area contributed by atoms with Gasteiger partial charge in [-0.25, -0.2) is 0 Å². The van der Waals surface area contributed by atoms with E-state index < -0.39 is 0 Å². The maximum Gasteiger partial charge on any atom is 0.125 e. The normalized spacial score (nSPS) is 27.5. The maximum absolute atomic E-state index is 10.5. The summed E-state index contributed by atoms with van der Waals surface area (Å²) in [5.74, 6) is 0.517. The van der Waals surface area contributed by atoms with Crippen LogP contribution in [0.1, 0.15) is 30.9 Å². The minimum absolute atomic E-state index is 0.0414. The van der Waals surface area contributed by atoms with Crippen LogP contribution in [0.3, 0.4) is 0 Å². The van der Waals surface area contributed by atoms with E-state index in [-0.39, 0.29) is 5.54 Å². The SMILES string of the molecule is CN1CCc2c1ccc(C1(C)CCCN1)c2O. The van der Waals surface area contributed by atoms with E-state index in [9.17, 15) is 5.11 Å². The number of fused-ring (bicyclic) bond motifs is 1. The Labute approximate surface area is 102 Å². The van der Waals surface area contributed by atoms with Gasteiger partial charge >= 0.3 is 0 Å². The highest BCUT2D eigenvalue weighted by Crippen LogP contribution is 2.42. The van der Waals surface area contributed by atoms with Crippen LogP contribution in [0.25, 0.3) is 0 Å². The molecule has 0 spiro atoms. The van der Waals surface area contributed by atoms with E-state index in [4.69, 9.17) is 0 Å². The predicted octanol–water partition coefficient (Wildman–Crippen LogP) is 1.98. The van der Waals surface area contributed by atoms with Crippen molar-refractivity contribution in [2.45, 2.75) is 31.7 Å². The Hall–Kier alpha value is -1.22. The molecule has 0 bridgehead atoms. The highest BCUT2D eigenvalue weighted by Gasteiger charge is 2.34. The zero-order valence-corrected chi connectivity index (χ0v) is 10.6. The van der Waals surface area contributed by atoms with Gasteiger partial charge in [0.2, 0.25) is 0 Å². The number of likely N-dealkylation sites (N-methyl/N-ethyl adjacent to an activating group) is 1. The van der Waals surface area contributed by atoms with E-state index in [0.29, 0.717) is 5.75 Å². The summed E-state index contributed by atoms with van der Waals surface area (Å²) >= 11 is 0. The molecule has 3 heteroatoms. The molecule has 1 fully saturated rings. The van der Waals surface area contributed by atoms with E-state index in [1.807, 2.05) is 0 Å². The number of hydrogen-bond acceptors (Lipinski definition) is 3. The first kappa shape index (κ1) is 10.9. The number of hydrogen-bond donors (Lipinski definition) is 2. The quantitative estimate of drug-likeness (QED) is 0.777. The Kier molecular flexibility index (Phi) is 2.33. The summed E-state index contributed by atoms with van der Waals surface area (Å²) in [6.07, 6.45) is 3.25. The second-order valence-corrected chi connectivity index (χ2v) is 5.49. The molecule has 1 saturated heterocycles. The van der Waals surface area contributed by atoms with Crippen LogP contribution in [0, 0.1) is 0 Å². The van der Waals surface area contributed by atoms with Crippen LogP contribution in [-0.2, 0) is 12.0 Å². The van der Waals surface area contributed by atoms with Gasteiger partial charge in [-0.1, -0.05) is 6.07 Å². The fourth-order valence-corrected chi connectivity index (χ4v) is 3.20.